The predicted octanol–water partition coefficient (Wildman–Crippen LogP) is 2.51. The van der Waals surface area contributed by atoms with Crippen molar-refractivity contribution in [1.29, 1.82) is 0 Å². The lowest BCUT2D eigenvalue weighted by molar-refractivity contribution is 0.0202. The van der Waals surface area contributed by atoms with E-state index in [0.717, 1.165) is 6.42 Å². The van der Waals surface area contributed by atoms with Crippen LogP contribution in [0.2, 0.25) is 0 Å². The van der Waals surface area contributed by atoms with E-state index in [9.17, 15) is 8.42 Å². The number of hydrogen-bond donors (Lipinski definition) is 0. The first kappa shape index (κ1) is 14.7. The van der Waals surface area contributed by atoms with Crippen LogP contribution < -0.4 is 0 Å². The highest BCUT2D eigenvalue weighted by Crippen LogP contribution is 2.24. The van der Waals surface area contributed by atoms with Crippen molar-refractivity contribution in [2.75, 3.05) is 13.6 Å². The molecule has 1 aliphatic rings. The molecule has 2 heterocycles. The molecule has 0 aliphatic carbocycles. The second-order valence-corrected chi connectivity index (χ2v) is 8.34. The van der Waals surface area contributed by atoms with Crippen molar-refractivity contribution in [3.63, 3.8) is 0 Å². The van der Waals surface area contributed by atoms with Gasteiger partial charge >= 0.3 is 0 Å². The van der Waals surface area contributed by atoms with Crippen LogP contribution in [0.3, 0.4) is 0 Å². The number of nitrogens with zero attached hydrogens (tertiary/aromatic N) is 1. The molecule has 4 nitrogen and oxygen atoms in total. The molecule has 21 heavy (non-hydrogen) atoms. The largest absolute Gasteiger partial charge is 0.372 e. The first-order valence-corrected chi connectivity index (χ1v) is 9.07. The standard InChI is InChI=1S/C15H17NO3S2/c1-16(21(17,18)15-7-4-8-20-15)10-14-9-12-5-2-3-6-13(12)11-19-14/h2-8,14H,9-11H2,1H3. The molecule has 0 radical (unpaired) electrons. The molecular formula is C15H17NO3S2. The molecule has 1 aromatic carbocycles. The fourth-order valence-electron chi connectivity index (χ4n) is 2.48. The first-order chi connectivity index (χ1) is 10.1. The van der Waals surface area contributed by atoms with Gasteiger partial charge in [-0.1, -0.05) is 30.3 Å². The third kappa shape index (κ3) is 3.03. The number of thiophene rings is 1. The summed E-state index contributed by atoms with van der Waals surface area (Å²) in [6.45, 7) is 0.919. The number of likely N-dealkylation sites (N-methyl/N-ethyl adjacent to an activating group) is 1. The van der Waals surface area contributed by atoms with Gasteiger partial charge in [0.1, 0.15) is 4.21 Å². The van der Waals surface area contributed by atoms with Gasteiger partial charge in [-0.2, -0.15) is 4.31 Å². The summed E-state index contributed by atoms with van der Waals surface area (Å²) in [5.41, 5.74) is 2.44. The molecule has 3 rings (SSSR count). The molecule has 0 amide bonds. The molecule has 0 spiro atoms. The van der Waals surface area contributed by atoms with Gasteiger partial charge in [-0.15, -0.1) is 11.3 Å². The van der Waals surface area contributed by atoms with Crippen LogP contribution in [0.15, 0.2) is 46.0 Å². The Bertz CT molecular complexity index is 710. The SMILES string of the molecule is CN(CC1Cc2ccccc2CO1)S(=O)(=O)c1cccs1. The lowest BCUT2D eigenvalue weighted by Gasteiger charge is -2.28. The highest BCUT2D eigenvalue weighted by Gasteiger charge is 2.27. The second-order valence-electron chi connectivity index (χ2n) is 5.12. The van der Waals surface area contributed by atoms with E-state index in [1.165, 1.54) is 26.8 Å². The van der Waals surface area contributed by atoms with Gasteiger partial charge in [-0.05, 0) is 22.6 Å². The van der Waals surface area contributed by atoms with E-state index in [0.29, 0.717) is 17.4 Å². The number of sulfonamides is 1. The maximum Gasteiger partial charge on any atom is 0.252 e. The zero-order valence-electron chi connectivity index (χ0n) is 11.7. The molecule has 0 saturated heterocycles. The summed E-state index contributed by atoms with van der Waals surface area (Å²) in [6.07, 6.45) is 0.653. The Labute approximate surface area is 129 Å². The van der Waals surface area contributed by atoms with Crippen molar-refractivity contribution in [3.05, 3.63) is 52.9 Å². The van der Waals surface area contributed by atoms with Crippen molar-refractivity contribution in [1.82, 2.24) is 4.31 Å². The van der Waals surface area contributed by atoms with E-state index in [2.05, 4.69) is 12.1 Å². The topological polar surface area (TPSA) is 46.6 Å². The molecule has 1 unspecified atom stereocenters. The van der Waals surface area contributed by atoms with Crippen LogP contribution in [0.25, 0.3) is 0 Å². The highest BCUT2D eigenvalue weighted by atomic mass is 32.2. The maximum atomic E-state index is 12.4. The van der Waals surface area contributed by atoms with Crippen LogP contribution in [0.4, 0.5) is 0 Å². The smallest absolute Gasteiger partial charge is 0.252 e. The van der Waals surface area contributed by atoms with Crippen molar-refractivity contribution < 1.29 is 13.2 Å². The van der Waals surface area contributed by atoms with Gasteiger partial charge in [-0.25, -0.2) is 8.42 Å². The predicted molar refractivity (Wildman–Crippen MR) is 82.9 cm³/mol. The molecule has 0 saturated carbocycles. The van der Waals surface area contributed by atoms with Crippen molar-refractivity contribution in [3.8, 4) is 0 Å². The Morgan fingerprint density at radius 2 is 2.00 bits per heavy atom. The molecule has 0 fully saturated rings. The summed E-state index contributed by atoms with van der Waals surface area (Å²) in [5.74, 6) is 0. The van der Waals surface area contributed by atoms with Gasteiger partial charge in [-0.3, -0.25) is 0 Å². The summed E-state index contributed by atoms with van der Waals surface area (Å²) < 4.78 is 32.3. The average Bonchev–Trinajstić information content (AvgIpc) is 3.02. The van der Waals surface area contributed by atoms with Crippen LogP contribution in [-0.4, -0.2) is 32.4 Å². The zero-order chi connectivity index (χ0) is 14.9. The first-order valence-electron chi connectivity index (χ1n) is 6.75. The van der Waals surface area contributed by atoms with Gasteiger partial charge in [0.25, 0.3) is 10.0 Å². The molecule has 1 aliphatic heterocycles. The minimum Gasteiger partial charge on any atom is -0.372 e. The number of rotatable bonds is 4. The van der Waals surface area contributed by atoms with E-state index in [4.69, 9.17) is 4.74 Å². The van der Waals surface area contributed by atoms with Gasteiger partial charge < -0.3 is 4.74 Å². The van der Waals surface area contributed by atoms with Crippen molar-refractivity contribution in [2.24, 2.45) is 0 Å². The van der Waals surface area contributed by atoms with E-state index in [1.54, 1.807) is 24.6 Å². The van der Waals surface area contributed by atoms with E-state index in [1.807, 2.05) is 12.1 Å². The Balaban J connectivity index is 1.71. The molecule has 112 valence electrons. The van der Waals surface area contributed by atoms with E-state index >= 15 is 0 Å². The number of fused-ring (bicyclic) bond motifs is 1. The molecule has 2 aromatic rings. The quantitative estimate of drug-likeness (QED) is 0.868. The third-order valence-corrected chi connectivity index (χ3v) is 6.86. The van der Waals surface area contributed by atoms with Crippen molar-refractivity contribution >= 4 is 21.4 Å². The Morgan fingerprint density at radius 3 is 2.71 bits per heavy atom. The van der Waals surface area contributed by atoms with E-state index < -0.39 is 10.0 Å². The second kappa shape index (κ2) is 5.88. The Morgan fingerprint density at radius 1 is 1.24 bits per heavy atom. The fourth-order valence-corrected chi connectivity index (χ4v) is 4.88. The summed E-state index contributed by atoms with van der Waals surface area (Å²) in [4.78, 5) is 0. The molecule has 0 bridgehead atoms. The van der Waals surface area contributed by atoms with Crippen molar-refractivity contribution in [2.45, 2.75) is 23.3 Å². The number of hydrogen-bond acceptors (Lipinski definition) is 4. The maximum absolute atomic E-state index is 12.4. The molecule has 1 atom stereocenters. The summed E-state index contributed by atoms with van der Waals surface area (Å²) in [6, 6.07) is 11.5. The summed E-state index contributed by atoms with van der Waals surface area (Å²) >= 11 is 1.24. The number of benzene rings is 1. The fraction of sp³-hybridized carbons (Fsp3) is 0.333. The molecule has 0 N–H and O–H groups in total. The van der Waals surface area contributed by atoms with Crippen LogP contribution in [0.1, 0.15) is 11.1 Å². The monoisotopic (exact) mass is 323 g/mol. The van der Waals surface area contributed by atoms with Gasteiger partial charge in [0.2, 0.25) is 0 Å². The van der Waals surface area contributed by atoms with Crippen LogP contribution in [-0.2, 0) is 27.8 Å². The zero-order valence-corrected chi connectivity index (χ0v) is 13.4. The molecule has 1 aromatic heterocycles. The Hall–Kier alpha value is -1.21. The molecule has 6 heteroatoms. The highest BCUT2D eigenvalue weighted by molar-refractivity contribution is 7.91. The van der Waals surface area contributed by atoms with E-state index in [-0.39, 0.29) is 6.10 Å². The number of ether oxygens (including phenoxy) is 1. The lowest BCUT2D eigenvalue weighted by atomic mass is 9.99. The normalized spacial score (nSPS) is 18.7. The lowest BCUT2D eigenvalue weighted by Crippen LogP contribution is -2.38. The Kier molecular flexibility index (Phi) is 4.12. The third-order valence-electron chi connectivity index (χ3n) is 3.66. The van der Waals surface area contributed by atoms with Crippen LogP contribution in [0, 0.1) is 0 Å². The summed E-state index contributed by atoms with van der Waals surface area (Å²) in [5, 5.41) is 1.77. The van der Waals surface area contributed by atoms with Gasteiger partial charge in [0.05, 0.1) is 12.7 Å². The average molecular weight is 323 g/mol. The minimum absolute atomic E-state index is 0.0976. The minimum atomic E-state index is -3.40. The van der Waals surface area contributed by atoms with Gasteiger partial charge in [0, 0.05) is 20.0 Å². The van der Waals surface area contributed by atoms with Crippen LogP contribution >= 0.6 is 11.3 Å². The van der Waals surface area contributed by atoms with Gasteiger partial charge in [0.15, 0.2) is 0 Å². The molecular weight excluding hydrogens is 306 g/mol. The van der Waals surface area contributed by atoms with Crippen LogP contribution in [0.5, 0.6) is 0 Å². The summed E-state index contributed by atoms with van der Waals surface area (Å²) in [7, 11) is -1.79.